The molecular weight excluding hydrogens is 314 g/mol. The summed E-state index contributed by atoms with van der Waals surface area (Å²) in [6, 6.07) is 11.1. The third kappa shape index (κ3) is 3.22. The Labute approximate surface area is 138 Å². The highest BCUT2D eigenvalue weighted by Crippen LogP contribution is 2.27. The van der Waals surface area contributed by atoms with Gasteiger partial charge in [-0.15, -0.1) is 0 Å². The van der Waals surface area contributed by atoms with E-state index in [0.717, 1.165) is 12.1 Å². The topological polar surface area (TPSA) is 43.4 Å². The fourth-order valence-corrected chi connectivity index (χ4v) is 2.43. The number of fused-ring (bicyclic) bond motifs is 1. The van der Waals surface area contributed by atoms with Crippen molar-refractivity contribution in [2.45, 2.75) is 0 Å². The monoisotopic (exact) mass is 330 g/mol. The minimum absolute atomic E-state index is 0.00523. The van der Waals surface area contributed by atoms with Gasteiger partial charge in [-0.05, 0) is 30.3 Å². The van der Waals surface area contributed by atoms with Crippen LogP contribution in [0.4, 0.5) is 14.5 Å². The van der Waals surface area contributed by atoms with E-state index in [1.807, 2.05) is 12.1 Å². The van der Waals surface area contributed by atoms with Gasteiger partial charge in [-0.3, -0.25) is 4.98 Å². The molecule has 0 fully saturated rings. The van der Waals surface area contributed by atoms with Gasteiger partial charge in [-0.25, -0.2) is 8.78 Å². The smallest absolute Gasteiger partial charge is 0.161 e. The molecule has 0 aliphatic heterocycles. The highest BCUT2D eigenvalue weighted by molar-refractivity contribution is 5.91. The third-order valence-electron chi connectivity index (χ3n) is 3.54. The van der Waals surface area contributed by atoms with E-state index in [4.69, 9.17) is 9.47 Å². The molecule has 1 N–H and O–H groups in total. The molecule has 0 unspecified atom stereocenters. The molecule has 2 aromatic carbocycles. The molecule has 0 radical (unpaired) electrons. The number of anilines is 1. The summed E-state index contributed by atoms with van der Waals surface area (Å²) in [5.74, 6) is 0.187. The Hall–Kier alpha value is -2.89. The van der Waals surface area contributed by atoms with Crippen LogP contribution in [0.25, 0.3) is 10.9 Å². The van der Waals surface area contributed by atoms with Crippen molar-refractivity contribution >= 4 is 16.6 Å². The lowest BCUT2D eigenvalue weighted by molar-refractivity contribution is 0.306. The standard InChI is InChI=1S/C18H16F2N2O2/c1-23-15-4-2-3-5-16(15)24-11-10-21-14-8-9-22-18-13(20)7-6-12(19)17(14)18/h2-9H,10-11H2,1H3,(H,21,22). The van der Waals surface area contributed by atoms with Gasteiger partial charge in [0.15, 0.2) is 11.5 Å². The highest BCUT2D eigenvalue weighted by Gasteiger charge is 2.11. The number of pyridine rings is 1. The van der Waals surface area contributed by atoms with E-state index in [9.17, 15) is 8.78 Å². The van der Waals surface area contributed by atoms with E-state index in [0.29, 0.717) is 30.3 Å². The average Bonchev–Trinajstić information content (AvgIpc) is 2.62. The van der Waals surface area contributed by atoms with Crippen molar-refractivity contribution < 1.29 is 18.3 Å². The van der Waals surface area contributed by atoms with Crippen LogP contribution in [0, 0.1) is 11.6 Å². The van der Waals surface area contributed by atoms with Gasteiger partial charge < -0.3 is 14.8 Å². The molecule has 0 spiro atoms. The summed E-state index contributed by atoms with van der Waals surface area (Å²) in [5.41, 5.74) is 0.478. The van der Waals surface area contributed by atoms with Crippen molar-refractivity contribution in [3.8, 4) is 11.5 Å². The Morgan fingerprint density at radius 2 is 1.75 bits per heavy atom. The number of rotatable bonds is 6. The number of aromatic nitrogens is 1. The van der Waals surface area contributed by atoms with Gasteiger partial charge in [0.1, 0.15) is 23.8 Å². The Bertz CT molecular complexity index is 856. The lowest BCUT2D eigenvalue weighted by atomic mass is 10.1. The minimum Gasteiger partial charge on any atom is -0.493 e. The summed E-state index contributed by atoms with van der Waals surface area (Å²) in [4.78, 5) is 3.90. The summed E-state index contributed by atoms with van der Waals surface area (Å²) in [7, 11) is 1.57. The number of nitrogens with one attached hydrogen (secondary N) is 1. The first-order valence-corrected chi connectivity index (χ1v) is 7.43. The van der Waals surface area contributed by atoms with Crippen LogP contribution in [-0.2, 0) is 0 Å². The number of halogens is 2. The highest BCUT2D eigenvalue weighted by atomic mass is 19.1. The SMILES string of the molecule is COc1ccccc1OCCNc1ccnc2c(F)ccc(F)c12. The maximum absolute atomic E-state index is 14.0. The summed E-state index contributed by atoms with van der Waals surface area (Å²) in [6.07, 6.45) is 1.44. The Balaban J connectivity index is 1.69. The van der Waals surface area contributed by atoms with E-state index in [2.05, 4.69) is 10.3 Å². The molecule has 0 atom stereocenters. The van der Waals surface area contributed by atoms with Crippen LogP contribution in [-0.4, -0.2) is 25.2 Å². The molecule has 0 saturated heterocycles. The second kappa shape index (κ2) is 7.12. The van der Waals surface area contributed by atoms with Crippen molar-refractivity contribution in [2.75, 3.05) is 25.6 Å². The summed E-state index contributed by atoms with van der Waals surface area (Å²) in [5, 5.41) is 3.19. The van der Waals surface area contributed by atoms with Crippen LogP contribution in [0.3, 0.4) is 0 Å². The van der Waals surface area contributed by atoms with Gasteiger partial charge in [0.2, 0.25) is 0 Å². The number of hydrogen-bond donors (Lipinski definition) is 1. The maximum atomic E-state index is 14.0. The molecule has 0 aliphatic rings. The number of para-hydroxylation sites is 2. The molecule has 24 heavy (non-hydrogen) atoms. The quantitative estimate of drug-likeness (QED) is 0.694. The fraction of sp³-hybridized carbons (Fsp3) is 0.167. The lowest BCUT2D eigenvalue weighted by Gasteiger charge is -2.13. The molecule has 0 aliphatic carbocycles. The first-order valence-electron chi connectivity index (χ1n) is 7.43. The van der Waals surface area contributed by atoms with Crippen LogP contribution in [0.2, 0.25) is 0 Å². The van der Waals surface area contributed by atoms with Crippen molar-refractivity contribution in [3.63, 3.8) is 0 Å². The number of nitrogens with zero attached hydrogens (tertiary/aromatic N) is 1. The second-order valence-electron chi connectivity index (χ2n) is 5.04. The maximum Gasteiger partial charge on any atom is 0.161 e. The van der Waals surface area contributed by atoms with Crippen LogP contribution in [0.5, 0.6) is 11.5 Å². The van der Waals surface area contributed by atoms with E-state index < -0.39 is 11.6 Å². The zero-order chi connectivity index (χ0) is 16.9. The number of hydrogen-bond acceptors (Lipinski definition) is 4. The average molecular weight is 330 g/mol. The fourth-order valence-electron chi connectivity index (χ4n) is 2.43. The zero-order valence-electron chi connectivity index (χ0n) is 13.1. The van der Waals surface area contributed by atoms with Gasteiger partial charge in [-0.1, -0.05) is 12.1 Å². The summed E-state index contributed by atoms with van der Waals surface area (Å²) in [6.45, 7) is 0.744. The van der Waals surface area contributed by atoms with Crippen molar-refractivity contribution in [1.82, 2.24) is 4.98 Å². The first-order chi connectivity index (χ1) is 11.7. The van der Waals surface area contributed by atoms with Gasteiger partial charge in [0.05, 0.1) is 12.5 Å². The summed E-state index contributed by atoms with van der Waals surface area (Å²) >= 11 is 0. The van der Waals surface area contributed by atoms with E-state index >= 15 is 0 Å². The zero-order valence-corrected chi connectivity index (χ0v) is 13.1. The molecule has 1 aromatic heterocycles. The molecule has 0 amide bonds. The van der Waals surface area contributed by atoms with Gasteiger partial charge >= 0.3 is 0 Å². The van der Waals surface area contributed by atoms with Crippen molar-refractivity contribution in [3.05, 3.63) is 60.3 Å². The first kappa shape index (κ1) is 16.0. The predicted molar refractivity (Wildman–Crippen MR) is 88.6 cm³/mol. The van der Waals surface area contributed by atoms with E-state index in [1.54, 1.807) is 25.3 Å². The van der Waals surface area contributed by atoms with Crippen LogP contribution in [0.1, 0.15) is 0 Å². The molecule has 1 heterocycles. The lowest BCUT2D eigenvalue weighted by Crippen LogP contribution is -2.12. The van der Waals surface area contributed by atoms with Gasteiger partial charge in [-0.2, -0.15) is 0 Å². The van der Waals surface area contributed by atoms with Gasteiger partial charge in [0.25, 0.3) is 0 Å². The minimum atomic E-state index is -0.555. The number of methoxy groups -OCH3 is 1. The summed E-state index contributed by atoms with van der Waals surface area (Å²) < 4.78 is 38.6. The normalized spacial score (nSPS) is 10.6. The van der Waals surface area contributed by atoms with Crippen LogP contribution < -0.4 is 14.8 Å². The molecule has 3 aromatic rings. The largest absolute Gasteiger partial charge is 0.493 e. The Morgan fingerprint density at radius 3 is 2.54 bits per heavy atom. The Kier molecular flexibility index (Phi) is 4.74. The third-order valence-corrected chi connectivity index (χ3v) is 3.54. The van der Waals surface area contributed by atoms with Crippen LogP contribution >= 0.6 is 0 Å². The van der Waals surface area contributed by atoms with Gasteiger partial charge in [0, 0.05) is 18.4 Å². The van der Waals surface area contributed by atoms with Crippen molar-refractivity contribution in [1.29, 1.82) is 0 Å². The molecule has 3 rings (SSSR count). The molecule has 6 heteroatoms. The molecule has 0 saturated carbocycles. The molecular formula is C18H16F2N2O2. The molecule has 4 nitrogen and oxygen atoms in total. The van der Waals surface area contributed by atoms with Crippen LogP contribution in [0.15, 0.2) is 48.7 Å². The van der Waals surface area contributed by atoms with Crippen molar-refractivity contribution in [2.24, 2.45) is 0 Å². The predicted octanol–water partition coefficient (Wildman–Crippen LogP) is 4.01. The van der Waals surface area contributed by atoms with E-state index in [1.165, 1.54) is 6.20 Å². The molecule has 124 valence electrons. The molecule has 0 bridgehead atoms. The van der Waals surface area contributed by atoms with E-state index in [-0.39, 0.29) is 10.9 Å². The second-order valence-corrected chi connectivity index (χ2v) is 5.04. The Morgan fingerprint density at radius 1 is 1.00 bits per heavy atom. The number of ether oxygens (including phenoxy) is 2. The number of benzene rings is 2.